The molecule has 1 aliphatic heterocycles. The molecule has 1 aromatic rings. The molecule has 0 radical (unpaired) electrons. The molecule has 2 rings (SSSR count). The van der Waals surface area contributed by atoms with Crippen LogP contribution in [0.5, 0.6) is 0 Å². The Balaban J connectivity index is 1.67. The second kappa shape index (κ2) is 7.41. The van der Waals surface area contributed by atoms with E-state index < -0.39 is 0 Å². The molecule has 1 fully saturated rings. The maximum absolute atomic E-state index is 11.9. The predicted molar refractivity (Wildman–Crippen MR) is 78.7 cm³/mol. The molecule has 20 heavy (non-hydrogen) atoms. The molecule has 1 aliphatic rings. The summed E-state index contributed by atoms with van der Waals surface area (Å²) in [7, 11) is 0. The quantitative estimate of drug-likeness (QED) is 0.798. The van der Waals surface area contributed by atoms with Crippen molar-refractivity contribution in [3.8, 4) is 0 Å². The first-order chi connectivity index (χ1) is 9.63. The van der Waals surface area contributed by atoms with E-state index in [9.17, 15) is 4.79 Å². The van der Waals surface area contributed by atoms with Gasteiger partial charge in [0.1, 0.15) is 25.3 Å². The van der Waals surface area contributed by atoms with Crippen molar-refractivity contribution in [2.45, 2.75) is 32.5 Å². The maximum atomic E-state index is 11.9. The topological polar surface area (TPSA) is 42.8 Å². The zero-order valence-electron chi connectivity index (χ0n) is 12.4. The first-order valence-corrected chi connectivity index (χ1v) is 7.43. The predicted octanol–water partition coefficient (Wildman–Crippen LogP) is 0.0374. The Morgan fingerprint density at radius 1 is 1.25 bits per heavy atom. The Morgan fingerprint density at radius 3 is 2.55 bits per heavy atom. The molecule has 110 valence electrons. The monoisotopic (exact) mass is 277 g/mol. The van der Waals surface area contributed by atoms with Crippen LogP contribution >= 0.6 is 0 Å². The lowest BCUT2D eigenvalue weighted by Crippen LogP contribution is -3.16. The van der Waals surface area contributed by atoms with Gasteiger partial charge in [-0.2, -0.15) is 0 Å². The molecule has 0 bridgehead atoms. The third-order valence-electron chi connectivity index (χ3n) is 3.61. The molecule has 1 aromatic carbocycles. The van der Waals surface area contributed by atoms with Gasteiger partial charge in [-0.05, 0) is 25.8 Å². The fourth-order valence-electron chi connectivity index (χ4n) is 2.81. The molecule has 4 heteroatoms. The summed E-state index contributed by atoms with van der Waals surface area (Å²) in [6, 6.07) is 10.2. The zero-order chi connectivity index (χ0) is 14.4. The van der Waals surface area contributed by atoms with Crippen molar-refractivity contribution in [3.05, 3.63) is 35.9 Å². The molecule has 1 heterocycles. The minimum Gasteiger partial charge on any atom is -0.364 e. The fraction of sp³-hybridized carbons (Fsp3) is 0.562. The molecule has 2 atom stereocenters. The molecule has 4 nitrogen and oxygen atoms in total. The minimum absolute atomic E-state index is 0.136. The number of carbonyl (C=O) groups excluding carboxylic acids is 1. The van der Waals surface area contributed by atoms with Gasteiger partial charge in [0.2, 0.25) is 0 Å². The standard InChI is InChI=1S/C16H24N2O2/c1-13-10-18(11-14(2)20-13)12-16(19)17-9-8-15-6-4-3-5-7-15/h3-7,13-14H,8-12H2,1-2H3,(H,17,19)/p+1/t13-,14-/m1/s1. The number of benzene rings is 1. The molecule has 0 aromatic heterocycles. The van der Waals surface area contributed by atoms with Crippen LogP contribution in [0.2, 0.25) is 0 Å². The Kier molecular flexibility index (Phi) is 5.56. The molecule has 1 saturated heterocycles. The van der Waals surface area contributed by atoms with Gasteiger partial charge in [0.25, 0.3) is 5.91 Å². The van der Waals surface area contributed by atoms with E-state index in [1.54, 1.807) is 0 Å². The lowest BCUT2D eigenvalue weighted by atomic mass is 10.1. The van der Waals surface area contributed by atoms with E-state index in [1.807, 2.05) is 18.2 Å². The Hall–Kier alpha value is -1.39. The number of hydrogen-bond donors (Lipinski definition) is 2. The largest absolute Gasteiger partial charge is 0.364 e. The molecule has 0 saturated carbocycles. The van der Waals surface area contributed by atoms with E-state index in [4.69, 9.17) is 4.74 Å². The average Bonchev–Trinajstić information content (AvgIpc) is 2.38. The molecular formula is C16H25N2O2+. The normalized spacial score (nSPS) is 26.2. The van der Waals surface area contributed by atoms with E-state index >= 15 is 0 Å². The summed E-state index contributed by atoms with van der Waals surface area (Å²) in [6.07, 6.45) is 1.37. The van der Waals surface area contributed by atoms with Gasteiger partial charge in [0.15, 0.2) is 6.54 Å². The highest BCUT2D eigenvalue weighted by Crippen LogP contribution is 1.99. The van der Waals surface area contributed by atoms with Crippen LogP contribution in [0, 0.1) is 0 Å². The van der Waals surface area contributed by atoms with E-state index in [-0.39, 0.29) is 18.1 Å². The number of quaternary nitrogens is 1. The number of nitrogens with one attached hydrogen (secondary N) is 2. The Morgan fingerprint density at radius 2 is 1.90 bits per heavy atom. The number of hydrogen-bond acceptors (Lipinski definition) is 2. The van der Waals surface area contributed by atoms with Crippen molar-refractivity contribution in [2.75, 3.05) is 26.2 Å². The van der Waals surface area contributed by atoms with E-state index in [2.05, 4.69) is 31.3 Å². The van der Waals surface area contributed by atoms with Crippen molar-refractivity contribution < 1.29 is 14.4 Å². The summed E-state index contributed by atoms with van der Waals surface area (Å²) < 4.78 is 5.68. The SMILES string of the molecule is C[C@@H]1C[NH+](CC(=O)NCCc2ccccc2)C[C@@H](C)O1. The van der Waals surface area contributed by atoms with Crippen molar-refractivity contribution in [2.24, 2.45) is 0 Å². The van der Waals surface area contributed by atoms with Crippen LogP contribution in [0.3, 0.4) is 0 Å². The zero-order valence-corrected chi connectivity index (χ0v) is 12.4. The highest BCUT2D eigenvalue weighted by molar-refractivity contribution is 5.76. The van der Waals surface area contributed by atoms with Crippen molar-refractivity contribution in [1.82, 2.24) is 5.32 Å². The van der Waals surface area contributed by atoms with Crippen LogP contribution in [0.1, 0.15) is 19.4 Å². The van der Waals surface area contributed by atoms with Crippen molar-refractivity contribution in [3.63, 3.8) is 0 Å². The fourth-order valence-corrected chi connectivity index (χ4v) is 2.81. The van der Waals surface area contributed by atoms with Crippen LogP contribution in [-0.2, 0) is 16.0 Å². The number of morpholine rings is 1. The third-order valence-corrected chi connectivity index (χ3v) is 3.61. The number of ether oxygens (including phenoxy) is 1. The van der Waals surface area contributed by atoms with Gasteiger partial charge in [-0.25, -0.2) is 0 Å². The first-order valence-electron chi connectivity index (χ1n) is 7.43. The van der Waals surface area contributed by atoms with Gasteiger partial charge in [0.05, 0.1) is 0 Å². The van der Waals surface area contributed by atoms with Crippen molar-refractivity contribution >= 4 is 5.91 Å². The third kappa shape index (κ3) is 4.94. The number of carbonyl (C=O) groups is 1. The highest BCUT2D eigenvalue weighted by Gasteiger charge is 2.26. The van der Waals surface area contributed by atoms with Crippen LogP contribution in [0.15, 0.2) is 30.3 Å². The first kappa shape index (κ1) is 15.0. The lowest BCUT2D eigenvalue weighted by molar-refractivity contribution is -0.907. The highest BCUT2D eigenvalue weighted by atomic mass is 16.5. The van der Waals surface area contributed by atoms with Crippen LogP contribution in [0.4, 0.5) is 0 Å². The van der Waals surface area contributed by atoms with Gasteiger partial charge in [-0.15, -0.1) is 0 Å². The molecule has 0 aliphatic carbocycles. The Bertz CT molecular complexity index is 412. The smallest absolute Gasteiger partial charge is 0.275 e. The number of rotatable bonds is 5. The van der Waals surface area contributed by atoms with Crippen LogP contribution in [-0.4, -0.2) is 44.3 Å². The molecule has 0 spiro atoms. The van der Waals surface area contributed by atoms with Gasteiger partial charge in [-0.1, -0.05) is 30.3 Å². The number of amides is 1. The second-order valence-corrected chi connectivity index (χ2v) is 5.68. The van der Waals surface area contributed by atoms with Crippen molar-refractivity contribution in [1.29, 1.82) is 0 Å². The van der Waals surface area contributed by atoms with E-state index in [1.165, 1.54) is 10.5 Å². The summed E-state index contributed by atoms with van der Waals surface area (Å²) in [5.74, 6) is 0.136. The molecule has 2 N–H and O–H groups in total. The summed E-state index contributed by atoms with van der Waals surface area (Å²) in [4.78, 5) is 13.3. The van der Waals surface area contributed by atoms with Gasteiger partial charge < -0.3 is 15.0 Å². The second-order valence-electron chi connectivity index (χ2n) is 5.68. The average molecular weight is 277 g/mol. The van der Waals surface area contributed by atoms with Gasteiger partial charge in [0, 0.05) is 6.54 Å². The minimum atomic E-state index is 0.136. The summed E-state index contributed by atoms with van der Waals surface area (Å²) >= 11 is 0. The summed E-state index contributed by atoms with van der Waals surface area (Å²) in [5, 5.41) is 3.01. The summed E-state index contributed by atoms with van der Waals surface area (Å²) in [6.45, 7) is 7.23. The maximum Gasteiger partial charge on any atom is 0.275 e. The molecular weight excluding hydrogens is 252 g/mol. The molecule has 0 unspecified atom stereocenters. The van der Waals surface area contributed by atoms with Gasteiger partial charge in [-0.3, -0.25) is 4.79 Å². The van der Waals surface area contributed by atoms with Crippen LogP contribution in [0.25, 0.3) is 0 Å². The molecule has 1 amide bonds. The lowest BCUT2D eigenvalue weighted by Gasteiger charge is -2.31. The van der Waals surface area contributed by atoms with E-state index in [0.717, 1.165) is 19.5 Å². The van der Waals surface area contributed by atoms with Crippen LogP contribution < -0.4 is 10.2 Å². The Labute approximate surface area is 121 Å². The van der Waals surface area contributed by atoms with E-state index in [0.29, 0.717) is 13.1 Å². The summed E-state index contributed by atoms with van der Waals surface area (Å²) in [5.41, 5.74) is 1.26. The van der Waals surface area contributed by atoms with Gasteiger partial charge >= 0.3 is 0 Å².